The third kappa shape index (κ3) is 3.13. The lowest BCUT2D eigenvalue weighted by atomic mass is 10.3. The topological polar surface area (TPSA) is 26.3 Å². The van der Waals surface area contributed by atoms with Crippen molar-refractivity contribution in [1.82, 2.24) is 0 Å². The highest BCUT2D eigenvalue weighted by Gasteiger charge is 2.26. The molecular weight excluding hydrogens is 232 g/mol. The van der Waals surface area contributed by atoms with Crippen molar-refractivity contribution in [3.63, 3.8) is 0 Å². The van der Waals surface area contributed by atoms with Crippen LogP contribution in [0.4, 0.5) is 0 Å². The molecule has 1 aliphatic carbocycles. The van der Waals surface area contributed by atoms with Crippen LogP contribution in [0, 0.1) is 0 Å². The van der Waals surface area contributed by atoms with Crippen molar-refractivity contribution >= 4 is 17.7 Å². The van der Waals surface area contributed by atoms with E-state index in [1.807, 2.05) is 18.2 Å². The molecule has 90 valence electrons. The van der Waals surface area contributed by atoms with E-state index in [9.17, 15) is 4.79 Å². The number of ether oxygens (including phenoxy) is 1. The van der Waals surface area contributed by atoms with Crippen LogP contribution in [0.3, 0.4) is 0 Å². The Morgan fingerprint density at radius 2 is 2.06 bits per heavy atom. The van der Waals surface area contributed by atoms with Crippen LogP contribution in [-0.2, 0) is 9.53 Å². The molecule has 3 heteroatoms. The molecule has 1 aromatic rings. The van der Waals surface area contributed by atoms with Gasteiger partial charge in [-0.25, -0.2) is 0 Å². The van der Waals surface area contributed by atoms with Gasteiger partial charge in [-0.2, -0.15) is 0 Å². The molecule has 2 nitrogen and oxygen atoms in total. The van der Waals surface area contributed by atoms with Gasteiger partial charge in [0.05, 0.1) is 0 Å². The van der Waals surface area contributed by atoms with Crippen LogP contribution in [0.1, 0.15) is 26.7 Å². The van der Waals surface area contributed by atoms with Gasteiger partial charge >= 0.3 is 5.97 Å². The Balaban J connectivity index is 2.12. The summed E-state index contributed by atoms with van der Waals surface area (Å²) in [6.07, 6.45) is 1.89. The Morgan fingerprint density at radius 3 is 2.71 bits per heavy atom. The van der Waals surface area contributed by atoms with Gasteiger partial charge in [0.1, 0.15) is 6.10 Å². The third-order valence-electron chi connectivity index (χ3n) is 2.77. The van der Waals surface area contributed by atoms with Crippen LogP contribution in [0.25, 0.3) is 0 Å². The Kier molecular flexibility index (Phi) is 3.89. The second-order valence-electron chi connectivity index (χ2n) is 4.20. The number of allylic oxidation sites excluding steroid dienone is 1. The summed E-state index contributed by atoms with van der Waals surface area (Å²) in [5.41, 5.74) is 1.34. The molecule has 1 unspecified atom stereocenters. The minimum absolute atomic E-state index is 0.0438. The number of carbonyl (C=O) groups is 1. The van der Waals surface area contributed by atoms with Crippen molar-refractivity contribution in [2.45, 2.75) is 37.7 Å². The van der Waals surface area contributed by atoms with Crippen molar-refractivity contribution in [3.05, 3.63) is 40.8 Å². The molecule has 1 aromatic carbocycles. The monoisotopic (exact) mass is 248 g/mol. The number of rotatable bonds is 3. The van der Waals surface area contributed by atoms with Crippen molar-refractivity contribution in [3.8, 4) is 0 Å². The molecule has 0 bridgehead atoms. The lowest BCUT2D eigenvalue weighted by Gasteiger charge is -2.15. The zero-order chi connectivity index (χ0) is 12.3. The fourth-order valence-electron chi connectivity index (χ4n) is 1.96. The second-order valence-corrected chi connectivity index (χ2v) is 5.31. The van der Waals surface area contributed by atoms with Crippen LogP contribution in [0.5, 0.6) is 0 Å². The standard InChI is InChI=1S/C14H16O2S/c1-10-8-9-13(16-11(2)15)14(10)17-12-6-4-3-5-7-12/h3-7,13H,8-9H2,1-2H3. The van der Waals surface area contributed by atoms with E-state index in [1.165, 1.54) is 22.3 Å². The number of thioether (sulfide) groups is 1. The highest BCUT2D eigenvalue weighted by Crippen LogP contribution is 2.40. The summed E-state index contributed by atoms with van der Waals surface area (Å²) in [5, 5.41) is 0. The van der Waals surface area contributed by atoms with Crippen molar-refractivity contribution < 1.29 is 9.53 Å². The summed E-state index contributed by atoms with van der Waals surface area (Å²) in [6.45, 7) is 3.59. The molecule has 1 aliphatic rings. The number of esters is 1. The average Bonchev–Trinajstić information content (AvgIpc) is 2.62. The number of hydrogen-bond acceptors (Lipinski definition) is 3. The largest absolute Gasteiger partial charge is 0.457 e. The highest BCUT2D eigenvalue weighted by atomic mass is 32.2. The van der Waals surface area contributed by atoms with E-state index in [1.54, 1.807) is 11.8 Å². The summed E-state index contributed by atoms with van der Waals surface area (Å²) in [5.74, 6) is -0.198. The summed E-state index contributed by atoms with van der Waals surface area (Å²) < 4.78 is 5.35. The van der Waals surface area contributed by atoms with E-state index in [-0.39, 0.29) is 12.1 Å². The van der Waals surface area contributed by atoms with E-state index in [2.05, 4.69) is 19.1 Å². The summed E-state index contributed by atoms with van der Waals surface area (Å²) in [6, 6.07) is 10.2. The molecule has 0 amide bonds. The van der Waals surface area contributed by atoms with Crippen molar-refractivity contribution in [2.75, 3.05) is 0 Å². The molecule has 0 aromatic heterocycles. The first-order valence-corrected chi connectivity index (χ1v) is 6.58. The average molecular weight is 248 g/mol. The zero-order valence-corrected chi connectivity index (χ0v) is 10.9. The SMILES string of the molecule is CC(=O)OC1CCC(C)=C1Sc1ccccc1. The summed E-state index contributed by atoms with van der Waals surface area (Å²) in [4.78, 5) is 13.4. The van der Waals surface area contributed by atoms with Gasteiger partial charge in [0.25, 0.3) is 0 Å². The molecule has 0 N–H and O–H groups in total. The number of hydrogen-bond donors (Lipinski definition) is 0. The summed E-state index contributed by atoms with van der Waals surface area (Å²) >= 11 is 1.71. The molecule has 1 atom stereocenters. The Hall–Kier alpha value is -1.22. The van der Waals surface area contributed by atoms with E-state index in [0.29, 0.717) is 0 Å². The smallest absolute Gasteiger partial charge is 0.303 e. The van der Waals surface area contributed by atoms with Crippen molar-refractivity contribution in [1.29, 1.82) is 0 Å². The number of benzene rings is 1. The lowest BCUT2D eigenvalue weighted by Crippen LogP contribution is -2.14. The quantitative estimate of drug-likeness (QED) is 0.761. The predicted octanol–water partition coefficient (Wildman–Crippen LogP) is 3.78. The van der Waals surface area contributed by atoms with E-state index >= 15 is 0 Å². The fourth-order valence-corrected chi connectivity index (χ4v) is 3.08. The number of carbonyl (C=O) groups excluding carboxylic acids is 1. The Morgan fingerprint density at radius 1 is 1.35 bits per heavy atom. The van der Waals surface area contributed by atoms with E-state index in [4.69, 9.17) is 4.74 Å². The minimum atomic E-state index is -0.198. The molecule has 0 spiro atoms. The van der Waals surface area contributed by atoms with Crippen LogP contribution in [0.15, 0.2) is 45.7 Å². The fraction of sp³-hybridized carbons (Fsp3) is 0.357. The molecule has 0 fully saturated rings. The molecule has 0 heterocycles. The zero-order valence-electron chi connectivity index (χ0n) is 10.1. The van der Waals surface area contributed by atoms with Crippen LogP contribution in [0.2, 0.25) is 0 Å². The molecule has 2 rings (SSSR count). The normalized spacial score (nSPS) is 19.5. The van der Waals surface area contributed by atoms with Gasteiger partial charge in [-0.15, -0.1) is 0 Å². The maximum absolute atomic E-state index is 11.1. The van der Waals surface area contributed by atoms with Gasteiger partial charge in [0, 0.05) is 16.7 Å². The highest BCUT2D eigenvalue weighted by molar-refractivity contribution is 8.03. The van der Waals surface area contributed by atoms with Gasteiger partial charge in [-0.3, -0.25) is 4.79 Å². The maximum Gasteiger partial charge on any atom is 0.303 e. The first kappa shape index (κ1) is 12.2. The lowest BCUT2D eigenvalue weighted by molar-refractivity contribution is -0.144. The molecule has 0 radical (unpaired) electrons. The van der Waals surface area contributed by atoms with Crippen LogP contribution in [-0.4, -0.2) is 12.1 Å². The third-order valence-corrected chi connectivity index (χ3v) is 4.11. The molecule has 0 saturated carbocycles. The first-order chi connectivity index (χ1) is 8.16. The summed E-state index contributed by atoms with van der Waals surface area (Å²) in [7, 11) is 0. The Bertz CT molecular complexity index is 437. The van der Waals surface area contributed by atoms with Gasteiger partial charge in [-0.05, 0) is 31.9 Å². The predicted molar refractivity (Wildman–Crippen MR) is 69.8 cm³/mol. The van der Waals surface area contributed by atoms with Gasteiger partial charge in [0.15, 0.2) is 0 Å². The van der Waals surface area contributed by atoms with Gasteiger partial charge < -0.3 is 4.74 Å². The second kappa shape index (κ2) is 5.41. The molecule has 0 saturated heterocycles. The first-order valence-electron chi connectivity index (χ1n) is 5.76. The molecule has 0 aliphatic heterocycles. The van der Waals surface area contributed by atoms with Gasteiger partial charge in [0.2, 0.25) is 0 Å². The molecular formula is C14H16O2S. The van der Waals surface area contributed by atoms with Crippen molar-refractivity contribution in [2.24, 2.45) is 0 Å². The Labute approximate surface area is 106 Å². The minimum Gasteiger partial charge on any atom is -0.457 e. The van der Waals surface area contributed by atoms with E-state index in [0.717, 1.165) is 12.8 Å². The van der Waals surface area contributed by atoms with Gasteiger partial charge in [-0.1, -0.05) is 35.5 Å². The van der Waals surface area contributed by atoms with Crippen LogP contribution >= 0.6 is 11.8 Å². The maximum atomic E-state index is 11.1. The van der Waals surface area contributed by atoms with Crippen LogP contribution < -0.4 is 0 Å². The molecule has 17 heavy (non-hydrogen) atoms. The van der Waals surface area contributed by atoms with E-state index < -0.39 is 0 Å².